The number of ether oxygens (including phenoxy) is 1. The van der Waals surface area contributed by atoms with Crippen molar-refractivity contribution in [3.63, 3.8) is 0 Å². The Kier molecular flexibility index (Phi) is 7.04. The maximum absolute atomic E-state index is 13.5. The lowest BCUT2D eigenvalue weighted by molar-refractivity contribution is 0.0598. The van der Waals surface area contributed by atoms with Gasteiger partial charge in [0.05, 0.1) is 18.8 Å². The highest BCUT2D eigenvalue weighted by Crippen LogP contribution is 2.17. The molecule has 1 aromatic rings. The number of methoxy groups -OCH3 is 1. The van der Waals surface area contributed by atoms with Gasteiger partial charge in [-0.25, -0.2) is 13.6 Å². The van der Waals surface area contributed by atoms with E-state index in [2.05, 4.69) is 10.6 Å². The van der Waals surface area contributed by atoms with Gasteiger partial charge in [-0.15, -0.1) is 0 Å². The summed E-state index contributed by atoms with van der Waals surface area (Å²) in [6.07, 6.45) is -0.303. The molecule has 0 aliphatic heterocycles. The zero-order chi connectivity index (χ0) is 15.8. The average Bonchev–Trinajstić information content (AvgIpc) is 2.38. The smallest absolute Gasteiger partial charge is 0.315 e. The van der Waals surface area contributed by atoms with E-state index in [4.69, 9.17) is 4.74 Å². The quantitative estimate of drug-likeness (QED) is 0.718. The van der Waals surface area contributed by atoms with E-state index in [1.54, 1.807) is 6.92 Å². The van der Waals surface area contributed by atoms with Crippen LogP contribution in [-0.2, 0) is 4.74 Å². The molecule has 118 valence electrons. The van der Waals surface area contributed by atoms with Gasteiger partial charge in [0.2, 0.25) is 0 Å². The van der Waals surface area contributed by atoms with Gasteiger partial charge in [0.15, 0.2) is 0 Å². The van der Waals surface area contributed by atoms with E-state index in [-0.39, 0.29) is 18.7 Å². The Morgan fingerprint density at radius 1 is 1.43 bits per heavy atom. The molecule has 2 amide bonds. The number of carbonyl (C=O) groups is 1. The number of carbonyl (C=O) groups excluding carboxylic acids is 1. The molecule has 0 heterocycles. The third-order valence-electron chi connectivity index (χ3n) is 2.90. The van der Waals surface area contributed by atoms with Crippen LogP contribution in [0.5, 0.6) is 0 Å². The zero-order valence-corrected chi connectivity index (χ0v) is 12.0. The first-order chi connectivity index (χ1) is 9.93. The molecule has 0 saturated heterocycles. The van der Waals surface area contributed by atoms with Crippen LogP contribution in [0.25, 0.3) is 0 Å². The van der Waals surface area contributed by atoms with Crippen molar-refractivity contribution in [3.05, 3.63) is 35.4 Å². The Labute approximate surface area is 122 Å². The van der Waals surface area contributed by atoms with E-state index >= 15 is 0 Å². The van der Waals surface area contributed by atoms with Crippen LogP contribution in [0.3, 0.4) is 0 Å². The van der Waals surface area contributed by atoms with Gasteiger partial charge in [-0.2, -0.15) is 0 Å². The minimum Gasteiger partial charge on any atom is -0.391 e. The summed E-state index contributed by atoms with van der Waals surface area (Å²) >= 11 is 0. The molecule has 1 aromatic carbocycles. The summed E-state index contributed by atoms with van der Waals surface area (Å²) in [5.74, 6) is -1.38. The van der Waals surface area contributed by atoms with E-state index in [9.17, 15) is 18.7 Å². The van der Waals surface area contributed by atoms with Crippen molar-refractivity contribution in [2.45, 2.75) is 25.5 Å². The Balaban J connectivity index is 2.40. The summed E-state index contributed by atoms with van der Waals surface area (Å²) in [5, 5.41) is 14.5. The topological polar surface area (TPSA) is 70.6 Å². The van der Waals surface area contributed by atoms with Crippen molar-refractivity contribution in [2.75, 3.05) is 20.3 Å². The Morgan fingerprint density at radius 3 is 2.76 bits per heavy atom. The number of aliphatic hydroxyl groups excluding tert-OH is 1. The molecule has 0 aliphatic carbocycles. The highest BCUT2D eigenvalue weighted by molar-refractivity contribution is 5.74. The second kappa shape index (κ2) is 8.53. The van der Waals surface area contributed by atoms with Crippen molar-refractivity contribution in [1.29, 1.82) is 0 Å². The number of halogens is 2. The number of hydrogen-bond donors (Lipinski definition) is 3. The summed E-state index contributed by atoms with van der Waals surface area (Å²) in [4.78, 5) is 11.6. The normalized spacial score (nSPS) is 13.6. The minimum absolute atomic E-state index is 0.195. The van der Waals surface area contributed by atoms with Crippen LogP contribution >= 0.6 is 0 Å². The van der Waals surface area contributed by atoms with Crippen LogP contribution in [0, 0.1) is 11.6 Å². The maximum atomic E-state index is 13.5. The molecular weight excluding hydrogens is 282 g/mol. The van der Waals surface area contributed by atoms with Crippen molar-refractivity contribution in [1.82, 2.24) is 10.6 Å². The fourth-order valence-electron chi connectivity index (χ4n) is 1.81. The first-order valence-corrected chi connectivity index (χ1v) is 6.60. The molecular formula is C14H20F2N2O3. The Hall–Kier alpha value is -1.73. The monoisotopic (exact) mass is 302 g/mol. The number of benzene rings is 1. The summed E-state index contributed by atoms with van der Waals surface area (Å²) in [6, 6.07) is 2.10. The van der Waals surface area contributed by atoms with Gasteiger partial charge in [-0.3, -0.25) is 0 Å². The largest absolute Gasteiger partial charge is 0.391 e. The van der Waals surface area contributed by atoms with E-state index in [1.165, 1.54) is 13.2 Å². The number of hydrogen-bond acceptors (Lipinski definition) is 3. The molecule has 5 nitrogen and oxygen atoms in total. The summed E-state index contributed by atoms with van der Waals surface area (Å²) < 4.78 is 31.1. The number of urea groups is 1. The van der Waals surface area contributed by atoms with E-state index in [0.717, 1.165) is 12.1 Å². The van der Waals surface area contributed by atoms with Gasteiger partial charge in [0.1, 0.15) is 11.6 Å². The molecule has 7 heteroatoms. The van der Waals surface area contributed by atoms with Crippen molar-refractivity contribution < 1.29 is 23.4 Å². The molecule has 0 radical (unpaired) electrons. The van der Waals surface area contributed by atoms with Crippen molar-refractivity contribution in [3.8, 4) is 0 Å². The lowest BCUT2D eigenvalue weighted by atomic mass is 10.1. The molecule has 0 aliphatic rings. The molecule has 21 heavy (non-hydrogen) atoms. The predicted octanol–water partition coefficient (Wildman–Crippen LogP) is 1.72. The molecule has 3 N–H and O–H groups in total. The van der Waals surface area contributed by atoms with Gasteiger partial charge in [0.25, 0.3) is 0 Å². The molecule has 0 saturated carbocycles. The van der Waals surface area contributed by atoms with Gasteiger partial charge in [0, 0.05) is 25.3 Å². The summed E-state index contributed by atoms with van der Waals surface area (Å²) in [5.41, 5.74) is 0.200. The SMILES string of the molecule is COCC(O)CCNC(=O)NC(C)c1ccc(F)cc1F. The molecule has 2 unspecified atom stereocenters. The van der Waals surface area contributed by atoms with Gasteiger partial charge in [-0.1, -0.05) is 6.07 Å². The lowest BCUT2D eigenvalue weighted by Crippen LogP contribution is -2.38. The van der Waals surface area contributed by atoms with Crippen molar-refractivity contribution >= 4 is 6.03 Å². The van der Waals surface area contributed by atoms with Crippen molar-refractivity contribution in [2.24, 2.45) is 0 Å². The van der Waals surface area contributed by atoms with Gasteiger partial charge in [-0.05, 0) is 19.4 Å². The van der Waals surface area contributed by atoms with Crippen LogP contribution in [0.1, 0.15) is 24.9 Å². The molecule has 0 aromatic heterocycles. The van der Waals surface area contributed by atoms with Crippen LogP contribution in [0.2, 0.25) is 0 Å². The molecule has 0 bridgehead atoms. The number of rotatable bonds is 7. The maximum Gasteiger partial charge on any atom is 0.315 e. The van der Waals surface area contributed by atoms with Gasteiger partial charge >= 0.3 is 6.03 Å². The highest BCUT2D eigenvalue weighted by atomic mass is 19.1. The number of nitrogens with one attached hydrogen (secondary N) is 2. The second-order valence-corrected chi connectivity index (χ2v) is 4.69. The zero-order valence-electron chi connectivity index (χ0n) is 12.0. The highest BCUT2D eigenvalue weighted by Gasteiger charge is 2.14. The predicted molar refractivity (Wildman–Crippen MR) is 73.8 cm³/mol. The van der Waals surface area contributed by atoms with Gasteiger partial charge < -0.3 is 20.5 Å². The van der Waals surface area contributed by atoms with E-state index < -0.39 is 29.8 Å². The molecule has 0 spiro atoms. The third kappa shape index (κ3) is 6.05. The van der Waals surface area contributed by atoms with Crippen LogP contribution in [-0.4, -0.2) is 37.5 Å². The standard InChI is InChI=1S/C14H20F2N2O3/c1-9(12-4-3-10(15)7-13(12)16)18-14(20)17-6-5-11(19)8-21-2/h3-4,7,9,11,19H,5-6,8H2,1-2H3,(H2,17,18,20). The van der Waals surface area contributed by atoms with Crippen LogP contribution in [0.4, 0.5) is 13.6 Å². The molecule has 1 rings (SSSR count). The minimum atomic E-state index is -0.710. The first-order valence-electron chi connectivity index (χ1n) is 6.60. The number of aliphatic hydroxyl groups is 1. The fraction of sp³-hybridized carbons (Fsp3) is 0.500. The Morgan fingerprint density at radius 2 is 2.14 bits per heavy atom. The lowest BCUT2D eigenvalue weighted by Gasteiger charge is -2.16. The summed E-state index contributed by atoms with van der Waals surface area (Å²) in [7, 11) is 1.47. The fourth-order valence-corrected chi connectivity index (χ4v) is 1.81. The third-order valence-corrected chi connectivity index (χ3v) is 2.90. The average molecular weight is 302 g/mol. The van der Waals surface area contributed by atoms with E-state index in [1.807, 2.05) is 0 Å². The molecule has 2 atom stereocenters. The van der Waals surface area contributed by atoms with Crippen LogP contribution < -0.4 is 10.6 Å². The first kappa shape index (κ1) is 17.3. The Bertz CT molecular complexity index is 472. The van der Waals surface area contributed by atoms with E-state index in [0.29, 0.717) is 6.42 Å². The number of amides is 2. The molecule has 0 fully saturated rings. The van der Waals surface area contributed by atoms with Crippen LogP contribution in [0.15, 0.2) is 18.2 Å². The summed E-state index contributed by atoms with van der Waals surface area (Å²) in [6.45, 7) is 2.05. The second-order valence-electron chi connectivity index (χ2n) is 4.69.